The van der Waals surface area contributed by atoms with Crippen molar-refractivity contribution >= 4 is 5.69 Å². The van der Waals surface area contributed by atoms with E-state index in [4.69, 9.17) is 0 Å². The SMILES string of the molecule is c1cc(-c2ccc(NC3CCNCC3)cc2)[nH]n1. The van der Waals surface area contributed by atoms with Gasteiger partial charge in [-0.1, -0.05) is 12.1 Å². The highest BCUT2D eigenvalue weighted by Crippen LogP contribution is 2.20. The quantitative estimate of drug-likeness (QED) is 0.773. The van der Waals surface area contributed by atoms with E-state index in [1.54, 1.807) is 6.20 Å². The minimum atomic E-state index is 0.601. The Morgan fingerprint density at radius 2 is 1.83 bits per heavy atom. The van der Waals surface area contributed by atoms with E-state index in [9.17, 15) is 0 Å². The third kappa shape index (κ3) is 2.54. The van der Waals surface area contributed by atoms with E-state index < -0.39 is 0 Å². The maximum atomic E-state index is 3.97. The van der Waals surface area contributed by atoms with E-state index in [0.717, 1.165) is 18.8 Å². The average molecular weight is 242 g/mol. The molecule has 0 saturated carbocycles. The van der Waals surface area contributed by atoms with Crippen molar-refractivity contribution in [3.63, 3.8) is 0 Å². The number of nitrogens with zero attached hydrogens (tertiary/aromatic N) is 1. The van der Waals surface area contributed by atoms with E-state index >= 15 is 0 Å². The normalized spacial score (nSPS) is 16.7. The van der Waals surface area contributed by atoms with Gasteiger partial charge >= 0.3 is 0 Å². The van der Waals surface area contributed by atoms with Crippen LogP contribution in [0.1, 0.15) is 12.8 Å². The van der Waals surface area contributed by atoms with Gasteiger partial charge in [-0.15, -0.1) is 0 Å². The molecule has 0 aliphatic carbocycles. The molecule has 1 saturated heterocycles. The molecule has 1 fully saturated rings. The van der Waals surface area contributed by atoms with Crippen molar-refractivity contribution in [1.29, 1.82) is 0 Å². The topological polar surface area (TPSA) is 52.7 Å². The number of rotatable bonds is 3. The Hall–Kier alpha value is -1.81. The van der Waals surface area contributed by atoms with Gasteiger partial charge in [-0.2, -0.15) is 5.10 Å². The van der Waals surface area contributed by atoms with Gasteiger partial charge in [0.1, 0.15) is 0 Å². The van der Waals surface area contributed by atoms with E-state index in [-0.39, 0.29) is 0 Å². The molecule has 3 rings (SSSR count). The van der Waals surface area contributed by atoms with Gasteiger partial charge in [-0.25, -0.2) is 0 Å². The first-order valence-corrected chi connectivity index (χ1v) is 6.49. The van der Waals surface area contributed by atoms with Crippen LogP contribution in [0.5, 0.6) is 0 Å². The van der Waals surface area contributed by atoms with Gasteiger partial charge in [0.25, 0.3) is 0 Å². The lowest BCUT2D eigenvalue weighted by atomic mass is 10.1. The molecule has 1 aromatic carbocycles. The van der Waals surface area contributed by atoms with Crippen LogP contribution in [-0.2, 0) is 0 Å². The fraction of sp³-hybridized carbons (Fsp3) is 0.357. The molecular weight excluding hydrogens is 224 g/mol. The van der Waals surface area contributed by atoms with E-state index in [2.05, 4.69) is 45.1 Å². The summed E-state index contributed by atoms with van der Waals surface area (Å²) in [5.41, 5.74) is 3.43. The summed E-state index contributed by atoms with van der Waals surface area (Å²) in [6, 6.07) is 11.1. The Labute approximate surface area is 107 Å². The highest BCUT2D eigenvalue weighted by molar-refractivity contribution is 5.62. The maximum Gasteiger partial charge on any atom is 0.0650 e. The van der Waals surface area contributed by atoms with Gasteiger partial charge in [0, 0.05) is 17.9 Å². The van der Waals surface area contributed by atoms with Crippen LogP contribution >= 0.6 is 0 Å². The lowest BCUT2D eigenvalue weighted by Gasteiger charge is -2.24. The molecule has 0 atom stereocenters. The third-order valence-electron chi connectivity index (χ3n) is 3.41. The van der Waals surface area contributed by atoms with Crippen LogP contribution in [0.25, 0.3) is 11.3 Å². The number of benzene rings is 1. The summed E-state index contributed by atoms with van der Waals surface area (Å²) in [5.74, 6) is 0. The Balaban J connectivity index is 1.67. The Morgan fingerprint density at radius 1 is 1.06 bits per heavy atom. The molecule has 0 unspecified atom stereocenters. The first-order valence-electron chi connectivity index (χ1n) is 6.49. The van der Waals surface area contributed by atoms with Crippen LogP contribution in [0.4, 0.5) is 5.69 Å². The smallest absolute Gasteiger partial charge is 0.0650 e. The molecular formula is C14H18N4. The van der Waals surface area contributed by atoms with Crippen LogP contribution in [0, 0.1) is 0 Å². The van der Waals surface area contributed by atoms with Gasteiger partial charge < -0.3 is 10.6 Å². The zero-order valence-corrected chi connectivity index (χ0v) is 10.3. The lowest BCUT2D eigenvalue weighted by molar-refractivity contribution is 0.479. The molecule has 0 radical (unpaired) electrons. The van der Waals surface area contributed by atoms with Crippen molar-refractivity contribution in [3.05, 3.63) is 36.5 Å². The van der Waals surface area contributed by atoms with E-state index in [0.29, 0.717) is 6.04 Å². The van der Waals surface area contributed by atoms with Crippen LogP contribution in [0.3, 0.4) is 0 Å². The number of H-pyrrole nitrogens is 1. The van der Waals surface area contributed by atoms with Crippen LogP contribution < -0.4 is 10.6 Å². The number of piperidine rings is 1. The molecule has 2 aromatic rings. The molecule has 0 amide bonds. The summed E-state index contributed by atoms with van der Waals surface area (Å²) >= 11 is 0. The minimum Gasteiger partial charge on any atom is -0.382 e. The number of anilines is 1. The summed E-state index contributed by atoms with van der Waals surface area (Å²) in [5, 5.41) is 13.9. The standard InChI is InChI=1S/C14H18N4/c1-3-12(17-13-5-8-15-9-6-13)4-2-11(1)14-7-10-16-18-14/h1-4,7,10,13,15,17H,5-6,8-9H2,(H,16,18). The molecule has 1 aliphatic heterocycles. The molecule has 4 nitrogen and oxygen atoms in total. The Bertz CT molecular complexity index is 469. The molecule has 18 heavy (non-hydrogen) atoms. The molecule has 0 spiro atoms. The highest BCUT2D eigenvalue weighted by atomic mass is 15.1. The zero-order valence-electron chi connectivity index (χ0n) is 10.3. The van der Waals surface area contributed by atoms with Crippen molar-refractivity contribution in [1.82, 2.24) is 15.5 Å². The van der Waals surface area contributed by atoms with Crippen LogP contribution in [-0.4, -0.2) is 29.3 Å². The van der Waals surface area contributed by atoms with Gasteiger partial charge in [0.15, 0.2) is 0 Å². The number of aromatic amines is 1. The second-order valence-electron chi connectivity index (χ2n) is 4.72. The minimum absolute atomic E-state index is 0.601. The molecule has 1 aromatic heterocycles. The summed E-state index contributed by atoms with van der Waals surface area (Å²) in [6.07, 6.45) is 4.17. The largest absolute Gasteiger partial charge is 0.382 e. The molecule has 94 valence electrons. The predicted molar refractivity (Wildman–Crippen MR) is 73.5 cm³/mol. The fourth-order valence-electron chi connectivity index (χ4n) is 2.36. The fourth-order valence-corrected chi connectivity index (χ4v) is 2.36. The zero-order chi connectivity index (χ0) is 12.2. The number of hydrogen-bond acceptors (Lipinski definition) is 3. The second kappa shape index (κ2) is 5.23. The number of aromatic nitrogens is 2. The summed E-state index contributed by atoms with van der Waals surface area (Å²) < 4.78 is 0. The van der Waals surface area contributed by atoms with Crippen LogP contribution in [0.2, 0.25) is 0 Å². The third-order valence-corrected chi connectivity index (χ3v) is 3.41. The molecule has 3 N–H and O–H groups in total. The van der Waals surface area contributed by atoms with Crippen molar-refractivity contribution in [3.8, 4) is 11.3 Å². The van der Waals surface area contributed by atoms with Crippen molar-refractivity contribution in [2.24, 2.45) is 0 Å². The second-order valence-corrected chi connectivity index (χ2v) is 4.72. The highest BCUT2D eigenvalue weighted by Gasteiger charge is 2.12. The van der Waals surface area contributed by atoms with Gasteiger partial charge in [-0.3, -0.25) is 5.10 Å². The maximum absolute atomic E-state index is 3.97. The predicted octanol–water partition coefficient (Wildman–Crippen LogP) is 2.24. The van der Waals surface area contributed by atoms with Gasteiger partial charge in [0.05, 0.1) is 5.69 Å². The number of nitrogens with one attached hydrogen (secondary N) is 3. The number of hydrogen-bond donors (Lipinski definition) is 3. The first-order chi connectivity index (χ1) is 8.92. The average Bonchev–Trinajstić information content (AvgIpc) is 2.95. The Kier molecular flexibility index (Phi) is 3.28. The van der Waals surface area contributed by atoms with Gasteiger partial charge in [0.2, 0.25) is 0 Å². The first kappa shape index (κ1) is 11.3. The van der Waals surface area contributed by atoms with Crippen molar-refractivity contribution < 1.29 is 0 Å². The van der Waals surface area contributed by atoms with E-state index in [1.165, 1.54) is 24.1 Å². The molecule has 2 heterocycles. The molecule has 1 aliphatic rings. The molecule has 4 heteroatoms. The monoisotopic (exact) mass is 242 g/mol. The lowest BCUT2D eigenvalue weighted by Crippen LogP contribution is -2.35. The summed E-state index contributed by atoms with van der Waals surface area (Å²) in [7, 11) is 0. The van der Waals surface area contributed by atoms with E-state index in [1.807, 2.05) is 6.07 Å². The summed E-state index contributed by atoms with van der Waals surface area (Å²) in [4.78, 5) is 0. The van der Waals surface area contributed by atoms with Crippen molar-refractivity contribution in [2.75, 3.05) is 18.4 Å². The summed E-state index contributed by atoms with van der Waals surface area (Å²) in [6.45, 7) is 2.23. The molecule has 0 bridgehead atoms. The van der Waals surface area contributed by atoms with Crippen molar-refractivity contribution in [2.45, 2.75) is 18.9 Å². The van der Waals surface area contributed by atoms with Gasteiger partial charge in [-0.05, 0) is 49.7 Å². The Morgan fingerprint density at radius 3 is 2.50 bits per heavy atom. The van der Waals surface area contributed by atoms with Crippen LogP contribution in [0.15, 0.2) is 36.5 Å².